The first-order valence-corrected chi connectivity index (χ1v) is 8.06. The summed E-state index contributed by atoms with van der Waals surface area (Å²) < 4.78 is 16.4. The molecule has 130 valence electrons. The van der Waals surface area contributed by atoms with Crippen molar-refractivity contribution in [2.75, 3.05) is 20.2 Å². The largest absolute Gasteiger partial charge is 0.497 e. The van der Waals surface area contributed by atoms with Gasteiger partial charge in [0.05, 0.1) is 19.9 Å². The van der Waals surface area contributed by atoms with Crippen molar-refractivity contribution in [1.29, 1.82) is 0 Å². The number of aliphatic imine (C=N–C) groups is 1. The van der Waals surface area contributed by atoms with E-state index in [2.05, 4.69) is 15.6 Å². The molecule has 2 aromatic rings. The van der Waals surface area contributed by atoms with E-state index in [0.717, 1.165) is 29.8 Å². The number of benzene rings is 1. The van der Waals surface area contributed by atoms with Gasteiger partial charge < -0.3 is 24.5 Å². The van der Waals surface area contributed by atoms with Crippen LogP contribution in [0.3, 0.4) is 0 Å². The van der Waals surface area contributed by atoms with Gasteiger partial charge in [0.15, 0.2) is 5.96 Å². The Labute approximate surface area is 142 Å². The lowest BCUT2D eigenvalue weighted by Crippen LogP contribution is -2.41. The number of furan rings is 1. The predicted molar refractivity (Wildman–Crippen MR) is 94.6 cm³/mol. The quantitative estimate of drug-likeness (QED) is 0.575. The smallest absolute Gasteiger partial charge is 0.191 e. The van der Waals surface area contributed by atoms with Gasteiger partial charge in [0, 0.05) is 12.6 Å². The van der Waals surface area contributed by atoms with Crippen LogP contribution < -0.4 is 20.1 Å². The van der Waals surface area contributed by atoms with Gasteiger partial charge in [-0.05, 0) is 38.1 Å². The van der Waals surface area contributed by atoms with Gasteiger partial charge in [-0.1, -0.05) is 6.07 Å². The van der Waals surface area contributed by atoms with E-state index in [4.69, 9.17) is 13.9 Å². The molecule has 0 spiro atoms. The molecule has 0 radical (unpaired) electrons. The van der Waals surface area contributed by atoms with Crippen molar-refractivity contribution in [2.45, 2.75) is 26.5 Å². The molecule has 6 heteroatoms. The zero-order chi connectivity index (χ0) is 17.2. The van der Waals surface area contributed by atoms with Crippen LogP contribution >= 0.6 is 0 Å². The fraction of sp³-hybridized carbons (Fsp3) is 0.389. The van der Waals surface area contributed by atoms with Crippen molar-refractivity contribution in [3.63, 3.8) is 0 Å². The zero-order valence-electron chi connectivity index (χ0n) is 14.4. The van der Waals surface area contributed by atoms with E-state index in [1.54, 1.807) is 13.4 Å². The molecule has 0 aliphatic rings. The normalized spacial score (nSPS) is 12.5. The minimum Gasteiger partial charge on any atom is -0.497 e. The molecule has 0 amide bonds. The van der Waals surface area contributed by atoms with Crippen molar-refractivity contribution in [3.05, 3.63) is 48.4 Å². The lowest BCUT2D eigenvalue weighted by Gasteiger charge is -2.18. The monoisotopic (exact) mass is 331 g/mol. The summed E-state index contributed by atoms with van der Waals surface area (Å²) >= 11 is 0. The molecule has 1 atom stereocenters. The Morgan fingerprint density at radius 3 is 2.75 bits per heavy atom. The molecular formula is C18H25N3O3. The lowest BCUT2D eigenvalue weighted by atomic mass is 10.3. The Morgan fingerprint density at radius 1 is 1.21 bits per heavy atom. The molecule has 0 aliphatic heterocycles. The van der Waals surface area contributed by atoms with Gasteiger partial charge in [-0.3, -0.25) is 0 Å². The number of nitrogens with zero attached hydrogens (tertiary/aromatic N) is 1. The lowest BCUT2D eigenvalue weighted by molar-refractivity contribution is 0.223. The van der Waals surface area contributed by atoms with E-state index < -0.39 is 0 Å². The van der Waals surface area contributed by atoms with E-state index in [9.17, 15) is 0 Å². The molecule has 1 unspecified atom stereocenters. The molecule has 6 nitrogen and oxygen atoms in total. The highest BCUT2D eigenvalue weighted by atomic mass is 16.5. The third kappa shape index (κ3) is 5.87. The maximum absolute atomic E-state index is 5.89. The number of hydrogen-bond acceptors (Lipinski definition) is 4. The Balaban J connectivity index is 1.84. The van der Waals surface area contributed by atoms with Crippen LogP contribution in [0, 0.1) is 0 Å². The van der Waals surface area contributed by atoms with Crippen LogP contribution in [-0.4, -0.2) is 32.3 Å². The molecule has 0 saturated carbocycles. The van der Waals surface area contributed by atoms with Gasteiger partial charge >= 0.3 is 0 Å². The van der Waals surface area contributed by atoms with Crippen molar-refractivity contribution in [2.24, 2.45) is 4.99 Å². The molecule has 1 aromatic carbocycles. The van der Waals surface area contributed by atoms with E-state index in [1.807, 2.05) is 50.2 Å². The molecule has 0 aliphatic carbocycles. The average Bonchev–Trinajstić information content (AvgIpc) is 3.11. The number of nitrogens with one attached hydrogen (secondary N) is 2. The van der Waals surface area contributed by atoms with Gasteiger partial charge in [0.25, 0.3) is 0 Å². The number of ether oxygens (including phenoxy) is 2. The molecule has 0 saturated heterocycles. The van der Waals surface area contributed by atoms with Crippen LogP contribution in [0.2, 0.25) is 0 Å². The van der Waals surface area contributed by atoms with Crippen molar-refractivity contribution in [3.8, 4) is 11.5 Å². The fourth-order valence-electron chi connectivity index (χ4n) is 2.09. The average molecular weight is 331 g/mol. The van der Waals surface area contributed by atoms with Crippen molar-refractivity contribution in [1.82, 2.24) is 10.6 Å². The summed E-state index contributed by atoms with van der Waals surface area (Å²) in [7, 11) is 1.64. The minimum absolute atomic E-state index is 0.0235. The van der Waals surface area contributed by atoms with Gasteiger partial charge in [-0.25, -0.2) is 4.99 Å². The first kappa shape index (κ1) is 17.7. The maximum atomic E-state index is 5.89. The summed E-state index contributed by atoms with van der Waals surface area (Å²) in [4.78, 5) is 4.49. The Kier molecular flexibility index (Phi) is 7.01. The summed E-state index contributed by atoms with van der Waals surface area (Å²) in [6, 6.07) is 11.3. The van der Waals surface area contributed by atoms with E-state index in [0.29, 0.717) is 13.1 Å². The third-order valence-electron chi connectivity index (χ3n) is 3.25. The molecule has 24 heavy (non-hydrogen) atoms. The summed E-state index contributed by atoms with van der Waals surface area (Å²) in [5, 5.41) is 6.48. The van der Waals surface area contributed by atoms with E-state index in [1.165, 1.54) is 0 Å². The molecule has 0 bridgehead atoms. The zero-order valence-corrected chi connectivity index (χ0v) is 14.4. The summed E-state index contributed by atoms with van der Waals surface area (Å²) in [5.74, 6) is 3.12. The van der Waals surface area contributed by atoms with Gasteiger partial charge in [0.1, 0.15) is 29.9 Å². The van der Waals surface area contributed by atoms with E-state index in [-0.39, 0.29) is 6.10 Å². The van der Waals surface area contributed by atoms with E-state index >= 15 is 0 Å². The van der Waals surface area contributed by atoms with Crippen LogP contribution in [0.4, 0.5) is 0 Å². The fourth-order valence-corrected chi connectivity index (χ4v) is 2.09. The van der Waals surface area contributed by atoms with Crippen LogP contribution in [0.5, 0.6) is 11.5 Å². The highest BCUT2D eigenvalue weighted by Crippen LogP contribution is 2.19. The Morgan fingerprint density at radius 2 is 2.04 bits per heavy atom. The van der Waals surface area contributed by atoms with Crippen LogP contribution in [0.1, 0.15) is 19.6 Å². The van der Waals surface area contributed by atoms with Crippen LogP contribution in [-0.2, 0) is 6.54 Å². The topological polar surface area (TPSA) is 68.0 Å². The first-order valence-electron chi connectivity index (χ1n) is 8.06. The van der Waals surface area contributed by atoms with Gasteiger partial charge in [0.2, 0.25) is 0 Å². The van der Waals surface area contributed by atoms with Crippen LogP contribution in [0.15, 0.2) is 52.1 Å². The molecule has 0 fully saturated rings. The van der Waals surface area contributed by atoms with Crippen molar-refractivity contribution < 1.29 is 13.9 Å². The molecule has 1 aromatic heterocycles. The molecule has 1 heterocycles. The van der Waals surface area contributed by atoms with Gasteiger partial charge in [-0.15, -0.1) is 0 Å². The second kappa shape index (κ2) is 9.50. The Bertz CT molecular complexity index is 626. The summed E-state index contributed by atoms with van der Waals surface area (Å²) in [6.07, 6.45) is 1.62. The second-order valence-corrected chi connectivity index (χ2v) is 5.26. The van der Waals surface area contributed by atoms with Gasteiger partial charge in [-0.2, -0.15) is 0 Å². The number of methoxy groups -OCH3 is 1. The van der Waals surface area contributed by atoms with Crippen molar-refractivity contribution >= 4 is 5.96 Å². The highest BCUT2D eigenvalue weighted by Gasteiger charge is 2.07. The molecular weight excluding hydrogens is 306 g/mol. The predicted octanol–water partition coefficient (Wildman–Crippen LogP) is 2.81. The molecule has 2 rings (SSSR count). The standard InChI is InChI=1S/C18H25N3O3/c1-4-19-18(21-13-17-9-6-10-23-17)20-12-14(2)24-16-8-5-7-15(11-16)22-3/h5-11,14H,4,12-13H2,1-3H3,(H2,19,20,21). The third-order valence-corrected chi connectivity index (χ3v) is 3.25. The number of rotatable bonds is 8. The molecule has 2 N–H and O–H groups in total. The summed E-state index contributed by atoms with van der Waals surface area (Å²) in [5.41, 5.74) is 0. The number of hydrogen-bond donors (Lipinski definition) is 2. The highest BCUT2D eigenvalue weighted by molar-refractivity contribution is 5.79. The number of guanidine groups is 1. The maximum Gasteiger partial charge on any atom is 0.191 e. The minimum atomic E-state index is -0.0235. The first-order chi connectivity index (χ1) is 11.7. The summed E-state index contributed by atoms with van der Waals surface area (Å²) in [6.45, 7) is 5.94. The Hall–Kier alpha value is -2.63. The second-order valence-electron chi connectivity index (χ2n) is 5.26. The SMILES string of the molecule is CCNC(=NCc1ccco1)NCC(C)Oc1cccc(OC)c1. The van der Waals surface area contributed by atoms with Crippen LogP contribution in [0.25, 0.3) is 0 Å².